The fourth-order valence-corrected chi connectivity index (χ4v) is 3.49. The maximum absolute atomic E-state index is 13.2. The molecule has 3 rings (SSSR count). The number of hydrogen-bond donors (Lipinski definition) is 0. The van der Waals surface area contributed by atoms with Crippen LogP contribution in [-0.2, 0) is 16.1 Å². The first-order valence-electron chi connectivity index (χ1n) is 7.77. The Morgan fingerprint density at radius 1 is 1.32 bits per heavy atom. The number of carbonyl (C=O) groups excluding carboxylic acids is 2. The summed E-state index contributed by atoms with van der Waals surface area (Å²) in [6.45, 7) is 6.06. The Balaban J connectivity index is 1.65. The summed E-state index contributed by atoms with van der Waals surface area (Å²) in [7, 11) is 0. The summed E-state index contributed by atoms with van der Waals surface area (Å²) in [6.07, 6.45) is 0. The molecule has 0 saturated carbocycles. The number of nitrogens with zero attached hydrogens (tertiary/aromatic N) is 2. The molecular weight excluding hydrogens is 283 g/mol. The van der Waals surface area contributed by atoms with Gasteiger partial charge < -0.3 is 9.80 Å². The van der Waals surface area contributed by atoms with E-state index in [4.69, 9.17) is 0 Å². The number of hydrogen-bond acceptors (Lipinski definition) is 2. The van der Waals surface area contributed by atoms with Crippen molar-refractivity contribution in [2.75, 3.05) is 19.6 Å². The van der Waals surface area contributed by atoms with Gasteiger partial charge in [-0.25, -0.2) is 4.39 Å². The Morgan fingerprint density at radius 3 is 2.73 bits per heavy atom. The third-order valence-electron chi connectivity index (χ3n) is 4.59. The number of benzene rings is 1. The molecule has 0 spiro atoms. The standard InChI is InChI=1S/C17H21FN2O2/c1-11(2)16(21)20-9-13-8-19(17(22)15(13)10-20)7-12-4-3-5-14(18)6-12/h3-6,11,13,15H,7-10H2,1-2H3/t13-,15+/m1/s1. The molecule has 2 heterocycles. The average molecular weight is 304 g/mol. The van der Waals surface area contributed by atoms with Crippen LogP contribution in [-0.4, -0.2) is 41.2 Å². The Labute approximate surface area is 129 Å². The zero-order valence-corrected chi connectivity index (χ0v) is 13.0. The van der Waals surface area contributed by atoms with E-state index in [0.717, 1.165) is 5.56 Å². The van der Waals surface area contributed by atoms with Gasteiger partial charge in [-0.15, -0.1) is 0 Å². The van der Waals surface area contributed by atoms with Gasteiger partial charge in [0, 0.05) is 38.0 Å². The van der Waals surface area contributed by atoms with Gasteiger partial charge in [-0.05, 0) is 17.7 Å². The SMILES string of the molecule is CC(C)C(=O)N1C[C@H]2CN(Cc3cccc(F)c3)C(=O)[C@H]2C1. The van der Waals surface area contributed by atoms with Crippen molar-refractivity contribution in [3.05, 3.63) is 35.6 Å². The second-order valence-corrected chi connectivity index (χ2v) is 6.61. The molecule has 2 fully saturated rings. The number of rotatable bonds is 3. The summed E-state index contributed by atoms with van der Waals surface area (Å²) < 4.78 is 13.2. The molecule has 22 heavy (non-hydrogen) atoms. The van der Waals surface area contributed by atoms with Crippen LogP contribution in [0.25, 0.3) is 0 Å². The smallest absolute Gasteiger partial charge is 0.228 e. The van der Waals surface area contributed by atoms with Gasteiger partial charge in [0.05, 0.1) is 5.92 Å². The predicted octanol–water partition coefficient (Wildman–Crippen LogP) is 1.90. The largest absolute Gasteiger partial charge is 0.341 e. The molecule has 5 heteroatoms. The fourth-order valence-electron chi connectivity index (χ4n) is 3.49. The molecule has 1 aromatic carbocycles. The summed E-state index contributed by atoms with van der Waals surface area (Å²) in [5.74, 6) is 0.0302. The van der Waals surface area contributed by atoms with Crippen LogP contribution in [0.2, 0.25) is 0 Å². The summed E-state index contributed by atoms with van der Waals surface area (Å²) in [5, 5.41) is 0. The molecule has 0 bridgehead atoms. The minimum Gasteiger partial charge on any atom is -0.341 e. The maximum Gasteiger partial charge on any atom is 0.228 e. The summed E-state index contributed by atoms with van der Waals surface area (Å²) in [5.41, 5.74) is 0.809. The number of halogens is 1. The van der Waals surface area contributed by atoms with Crippen LogP contribution in [0.5, 0.6) is 0 Å². The van der Waals surface area contributed by atoms with Crippen molar-refractivity contribution in [1.82, 2.24) is 9.80 Å². The first-order chi connectivity index (χ1) is 10.5. The van der Waals surface area contributed by atoms with Gasteiger partial charge in [0.1, 0.15) is 5.82 Å². The van der Waals surface area contributed by atoms with E-state index < -0.39 is 0 Å². The van der Waals surface area contributed by atoms with Gasteiger partial charge >= 0.3 is 0 Å². The third kappa shape index (κ3) is 2.72. The molecule has 1 aromatic rings. The zero-order valence-electron chi connectivity index (χ0n) is 13.0. The number of carbonyl (C=O) groups is 2. The van der Waals surface area contributed by atoms with Crippen molar-refractivity contribution in [2.24, 2.45) is 17.8 Å². The Hall–Kier alpha value is -1.91. The van der Waals surface area contributed by atoms with Crippen LogP contribution in [0.4, 0.5) is 4.39 Å². The van der Waals surface area contributed by atoms with Gasteiger partial charge in [0.2, 0.25) is 11.8 Å². The molecule has 2 atom stereocenters. The van der Waals surface area contributed by atoms with Crippen molar-refractivity contribution in [3.8, 4) is 0 Å². The highest BCUT2D eigenvalue weighted by atomic mass is 19.1. The topological polar surface area (TPSA) is 40.6 Å². The van der Waals surface area contributed by atoms with Crippen LogP contribution in [0.1, 0.15) is 19.4 Å². The summed E-state index contributed by atoms with van der Waals surface area (Å²) >= 11 is 0. The molecule has 0 radical (unpaired) electrons. The van der Waals surface area contributed by atoms with Gasteiger partial charge in [-0.3, -0.25) is 9.59 Å². The highest BCUT2D eigenvalue weighted by molar-refractivity contribution is 5.85. The molecular formula is C17H21FN2O2. The van der Waals surface area contributed by atoms with E-state index in [1.54, 1.807) is 11.0 Å². The highest BCUT2D eigenvalue weighted by Gasteiger charge is 2.47. The van der Waals surface area contributed by atoms with E-state index in [9.17, 15) is 14.0 Å². The molecule has 0 aromatic heterocycles. The lowest BCUT2D eigenvalue weighted by molar-refractivity contribution is -0.135. The maximum atomic E-state index is 13.2. The fraction of sp³-hybridized carbons (Fsp3) is 0.529. The molecule has 2 saturated heterocycles. The van der Waals surface area contributed by atoms with Crippen LogP contribution < -0.4 is 0 Å². The highest BCUT2D eigenvalue weighted by Crippen LogP contribution is 2.33. The molecule has 2 aliphatic heterocycles. The molecule has 2 amide bonds. The van der Waals surface area contributed by atoms with Crippen LogP contribution in [0.3, 0.4) is 0 Å². The summed E-state index contributed by atoms with van der Waals surface area (Å²) in [6, 6.07) is 6.36. The minimum atomic E-state index is -0.280. The average Bonchev–Trinajstić information content (AvgIpc) is 2.99. The van der Waals surface area contributed by atoms with Crippen LogP contribution >= 0.6 is 0 Å². The van der Waals surface area contributed by atoms with E-state index >= 15 is 0 Å². The number of amides is 2. The molecule has 0 aliphatic carbocycles. The Morgan fingerprint density at radius 2 is 2.09 bits per heavy atom. The lowest BCUT2D eigenvalue weighted by Crippen LogP contribution is -2.37. The van der Waals surface area contributed by atoms with Crippen molar-refractivity contribution >= 4 is 11.8 Å². The lowest BCUT2D eigenvalue weighted by atomic mass is 10.0. The monoisotopic (exact) mass is 304 g/mol. The van der Waals surface area contributed by atoms with E-state index in [2.05, 4.69) is 0 Å². The van der Waals surface area contributed by atoms with Crippen LogP contribution in [0, 0.1) is 23.6 Å². The van der Waals surface area contributed by atoms with Crippen LogP contribution in [0.15, 0.2) is 24.3 Å². The molecule has 0 N–H and O–H groups in total. The molecule has 118 valence electrons. The van der Waals surface area contributed by atoms with Gasteiger partial charge in [0.25, 0.3) is 0 Å². The first kappa shape index (κ1) is 15.0. The molecule has 4 nitrogen and oxygen atoms in total. The second-order valence-electron chi connectivity index (χ2n) is 6.61. The quantitative estimate of drug-likeness (QED) is 0.856. The van der Waals surface area contributed by atoms with Crippen molar-refractivity contribution in [2.45, 2.75) is 20.4 Å². The van der Waals surface area contributed by atoms with Crippen molar-refractivity contribution in [3.63, 3.8) is 0 Å². The van der Waals surface area contributed by atoms with E-state index in [1.165, 1.54) is 12.1 Å². The number of fused-ring (bicyclic) bond motifs is 1. The second kappa shape index (κ2) is 5.71. The van der Waals surface area contributed by atoms with E-state index in [1.807, 2.05) is 24.8 Å². The zero-order chi connectivity index (χ0) is 15.9. The van der Waals surface area contributed by atoms with Crippen molar-refractivity contribution in [1.29, 1.82) is 0 Å². The Kier molecular flexibility index (Phi) is 3.89. The van der Waals surface area contributed by atoms with Gasteiger partial charge in [-0.2, -0.15) is 0 Å². The third-order valence-corrected chi connectivity index (χ3v) is 4.59. The lowest BCUT2D eigenvalue weighted by Gasteiger charge is -2.23. The number of likely N-dealkylation sites (tertiary alicyclic amines) is 2. The summed E-state index contributed by atoms with van der Waals surface area (Å²) in [4.78, 5) is 28.2. The van der Waals surface area contributed by atoms with E-state index in [0.29, 0.717) is 26.2 Å². The first-order valence-corrected chi connectivity index (χ1v) is 7.77. The van der Waals surface area contributed by atoms with Gasteiger partial charge in [-0.1, -0.05) is 26.0 Å². The predicted molar refractivity (Wildman–Crippen MR) is 80.2 cm³/mol. The van der Waals surface area contributed by atoms with Gasteiger partial charge in [0.15, 0.2) is 0 Å². The Bertz CT molecular complexity index is 602. The van der Waals surface area contributed by atoms with E-state index in [-0.39, 0.29) is 35.4 Å². The molecule has 0 unspecified atom stereocenters. The van der Waals surface area contributed by atoms with Crippen molar-refractivity contribution < 1.29 is 14.0 Å². The normalized spacial score (nSPS) is 24.3. The molecule has 2 aliphatic rings. The minimum absolute atomic E-state index is 0.0303.